The Balaban J connectivity index is 1.93. The number of likely N-dealkylation sites (tertiary alicyclic amines) is 1. The van der Waals surface area contributed by atoms with E-state index in [0.717, 1.165) is 22.9 Å². The first-order chi connectivity index (χ1) is 10.2. The molecule has 1 amide bonds. The molecule has 4 nitrogen and oxygen atoms in total. The molecular formula is C16H15BrN2O2. The fourth-order valence-corrected chi connectivity index (χ4v) is 3.23. The maximum absolute atomic E-state index is 12.6. The second-order valence-electron chi connectivity index (χ2n) is 5.13. The zero-order chi connectivity index (χ0) is 14.8. The Bertz CT molecular complexity index is 726. The molecule has 1 aliphatic heterocycles. The summed E-state index contributed by atoms with van der Waals surface area (Å²) >= 11 is 3.46. The van der Waals surface area contributed by atoms with E-state index in [1.165, 1.54) is 18.5 Å². The standard InChI is InChI=1S/C16H15BrN2O2/c17-12-4-1-3-11(9-12)14-5-2-8-19(14)16(21)13-10-18-7-6-15(13)20/h1,3-4,6-7,9-10,14H,2,5,8H2,(H,18,20). The first kappa shape index (κ1) is 14.1. The van der Waals surface area contributed by atoms with Crippen LogP contribution in [0.15, 0.2) is 52.0 Å². The van der Waals surface area contributed by atoms with E-state index in [0.29, 0.717) is 6.54 Å². The van der Waals surface area contributed by atoms with Crippen LogP contribution in [0.5, 0.6) is 0 Å². The molecule has 2 heterocycles. The topological polar surface area (TPSA) is 53.2 Å². The maximum Gasteiger partial charge on any atom is 0.259 e. The van der Waals surface area contributed by atoms with E-state index >= 15 is 0 Å². The quantitative estimate of drug-likeness (QED) is 0.908. The van der Waals surface area contributed by atoms with Crippen molar-refractivity contribution in [3.8, 4) is 0 Å². The van der Waals surface area contributed by atoms with Crippen molar-refractivity contribution in [2.24, 2.45) is 0 Å². The highest BCUT2D eigenvalue weighted by atomic mass is 79.9. The van der Waals surface area contributed by atoms with Crippen molar-refractivity contribution in [2.45, 2.75) is 18.9 Å². The van der Waals surface area contributed by atoms with E-state index in [1.54, 1.807) is 4.90 Å². The van der Waals surface area contributed by atoms with E-state index < -0.39 is 0 Å². The smallest absolute Gasteiger partial charge is 0.259 e. The summed E-state index contributed by atoms with van der Waals surface area (Å²) in [4.78, 5) is 29.1. The third kappa shape index (κ3) is 2.78. The van der Waals surface area contributed by atoms with Crippen molar-refractivity contribution in [2.75, 3.05) is 6.54 Å². The van der Waals surface area contributed by atoms with Gasteiger partial charge in [-0.1, -0.05) is 28.1 Å². The second kappa shape index (κ2) is 5.85. The maximum atomic E-state index is 12.6. The molecule has 108 valence electrons. The van der Waals surface area contributed by atoms with Gasteiger partial charge in [0.2, 0.25) is 0 Å². The van der Waals surface area contributed by atoms with Crippen LogP contribution in [0, 0.1) is 0 Å². The minimum Gasteiger partial charge on any atom is -0.367 e. The van der Waals surface area contributed by atoms with Crippen LogP contribution < -0.4 is 5.43 Å². The van der Waals surface area contributed by atoms with Gasteiger partial charge in [0.15, 0.2) is 5.43 Å². The summed E-state index contributed by atoms with van der Waals surface area (Å²) in [6.07, 6.45) is 4.90. The summed E-state index contributed by atoms with van der Waals surface area (Å²) in [5, 5.41) is 0. The van der Waals surface area contributed by atoms with Crippen LogP contribution in [0.1, 0.15) is 34.8 Å². The molecule has 1 saturated heterocycles. The van der Waals surface area contributed by atoms with Crippen LogP contribution in [-0.2, 0) is 0 Å². The van der Waals surface area contributed by atoms with E-state index in [2.05, 4.69) is 20.9 Å². The largest absolute Gasteiger partial charge is 0.367 e. The number of benzene rings is 1. The third-order valence-electron chi connectivity index (χ3n) is 3.80. The number of amides is 1. The van der Waals surface area contributed by atoms with Crippen molar-refractivity contribution in [3.05, 3.63) is 68.5 Å². The van der Waals surface area contributed by atoms with Gasteiger partial charge in [0, 0.05) is 29.5 Å². The predicted octanol–water partition coefficient (Wildman–Crippen LogP) is 3.11. The number of nitrogens with zero attached hydrogens (tertiary/aromatic N) is 1. The molecule has 0 aliphatic carbocycles. The molecule has 1 aromatic carbocycles. The molecule has 1 aromatic heterocycles. The number of carbonyl (C=O) groups is 1. The first-order valence-electron chi connectivity index (χ1n) is 6.90. The number of rotatable bonds is 2. The van der Waals surface area contributed by atoms with Gasteiger partial charge in [0.1, 0.15) is 5.56 Å². The lowest BCUT2D eigenvalue weighted by Gasteiger charge is -2.25. The normalized spacial score (nSPS) is 18.0. The zero-order valence-electron chi connectivity index (χ0n) is 11.4. The molecular weight excluding hydrogens is 332 g/mol. The van der Waals surface area contributed by atoms with Crippen LogP contribution in [0.25, 0.3) is 0 Å². The number of carbonyl (C=O) groups excluding carboxylic acids is 1. The number of pyridine rings is 1. The highest BCUT2D eigenvalue weighted by Crippen LogP contribution is 2.33. The van der Waals surface area contributed by atoms with Gasteiger partial charge in [0.05, 0.1) is 6.04 Å². The molecule has 1 fully saturated rings. The summed E-state index contributed by atoms with van der Waals surface area (Å²) in [5.41, 5.74) is 1.07. The number of aromatic nitrogens is 1. The summed E-state index contributed by atoms with van der Waals surface area (Å²) in [6.45, 7) is 0.685. The highest BCUT2D eigenvalue weighted by molar-refractivity contribution is 9.10. The van der Waals surface area contributed by atoms with E-state index in [-0.39, 0.29) is 22.9 Å². The second-order valence-corrected chi connectivity index (χ2v) is 6.05. The molecule has 2 aromatic rings. The van der Waals surface area contributed by atoms with Crippen LogP contribution in [-0.4, -0.2) is 22.3 Å². The Kier molecular flexibility index (Phi) is 3.92. The van der Waals surface area contributed by atoms with Crippen molar-refractivity contribution < 1.29 is 4.79 Å². The van der Waals surface area contributed by atoms with E-state index in [1.807, 2.05) is 24.3 Å². The van der Waals surface area contributed by atoms with Crippen molar-refractivity contribution in [1.29, 1.82) is 0 Å². The van der Waals surface area contributed by atoms with Gasteiger partial charge in [-0.05, 0) is 30.5 Å². The van der Waals surface area contributed by atoms with Gasteiger partial charge >= 0.3 is 0 Å². The number of halogens is 1. The van der Waals surface area contributed by atoms with E-state index in [9.17, 15) is 9.59 Å². The Morgan fingerprint density at radius 2 is 2.19 bits per heavy atom. The molecule has 1 unspecified atom stereocenters. The minimum absolute atomic E-state index is 0.0367. The SMILES string of the molecule is O=C(c1c[nH]ccc1=O)N1CCCC1c1cccc(Br)c1. The van der Waals surface area contributed by atoms with Gasteiger partial charge in [-0.2, -0.15) is 0 Å². The Morgan fingerprint density at radius 3 is 2.95 bits per heavy atom. The van der Waals surface area contributed by atoms with Gasteiger partial charge < -0.3 is 9.88 Å². The molecule has 1 atom stereocenters. The summed E-state index contributed by atoms with van der Waals surface area (Å²) in [7, 11) is 0. The Morgan fingerprint density at radius 1 is 1.33 bits per heavy atom. The molecule has 0 spiro atoms. The molecule has 5 heteroatoms. The summed E-state index contributed by atoms with van der Waals surface area (Å²) < 4.78 is 0.997. The average Bonchev–Trinajstić information content (AvgIpc) is 2.96. The van der Waals surface area contributed by atoms with Crippen molar-refractivity contribution >= 4 is 21.8 Å². The molecule has 0 saturated carbocycles. The number of hydrogen-bond donors (Lipinski definition) is 1. The molecule has 0 radical (unpaired) electrons. The molecule has 21 heavy (non-hydrogen) atoms. The zero-order valence-corrected chi connectivity index (χ0v) is 13.0. The number of aromatic amines is 1. The van der Waals surface area contributed by atoms with Crippen LogP contribution in [0.2, 0.25) is 0 Å². The third-order valence-corrected chi connectivity index (χ3v) is 4.29. The lowest BCUT2D eigenvalue weighted by Crippen LogP contribution is -2.33. The monoisotopic (exact) mass is 346 g/mol. The van der Waals surface area contributed by atoms with Gasteiger partial charge in [-0.3, -0.25) is 9.59 Å². The van der Waals surface area contributed by atoms with Crippen molar-refractivity contribution in [3.63, 3.8) is 0 Å². The summed E-state index contributed by atoms with van der Waals surface area (Å²) in [5.74, 6) is -0.195. The van der Waals surface area contributed by atoms with Gasteiger partial charge in [-0.15, -0.1) is 0 Å². The average molecular weight is 347 g/mol. The number of hydrogen-bond acceptors (Lipinski definition) is 2. The minimum atomic E-state index is -0.237. The number of nitrogens with one attached hydrogen (secondary N) is 1. The predicted molar refractivity (Wildman–Crippen MR) is 84.2 cm³/mol. The Hall–Kier alpha value is -1.88. The van der Waals surface area contributed by atoms with Crippen LogP contribution >= 0.6 is 15.9 Å². The molecule has 1 N–H and O–H groups in total. The number of H-pyrrole nitrogens is 1. The Labute approximate surface area is 130 Å². The van der Waals surface area contributed by atoms with E-state index in [4.69, 9.17) is 0 Å². The van der Waals surface area contributed by atoms with Crippen LogP contribution in [0.3, 0.4) is 0 Å². The molecule has 3 rings (SSSR count). The summed E-state index contributed by atoms with van der Waals surface area (Å²) in [6, 6.07) is 9.41. The lowest BCUT2D eigenvalue weighted by atomic mass is 10.0. The highest BCUT2D eigenvalue weighted by Gasteiger charge is 2.31. The van der Waals surface area contributed by atoms with Gasteiger partial charge in [0.25, 0.3) is 5.91 Å². The first-order valence-corrected chi connectivity index (χ1v) is 7.69. The fourth-order valence-electron chi connectivity index (χ4n) is 2.81. The molecule has 0 bridgehead atoms. The lowest BCUT2D eigenvalue weighted by molar-refractivity contribution is 0.0734. The van der Waals surface area contributed by atoms with Crippen molar-refractivity contribution in [1.82, 2.24) is 9.88 Å². The van der Waals surface area contributed by atoms with Crippen LogP contribution in [0.4, 0.5) is 0 Å². The fraction of sp³-hybridized carbons (Fsp3) is 0.250. The molecule has 1 aliphatic rings. The van der Waals surface area contributed by atoms with Gasteiger partial charge in [-0.25, -0.2) is 0 Å².